The number of benzene rings is 1. The molecule has 0 saturated carbocycles. The number of pyridine rings is 1. The van der Waals surface area contributed by atoms with E-state index < -0.39 is 0 Å². The summed E-state index contributed by atoms with van der Waals surface area (Å²) in [6.07, 6.45) is 2.45. The molecule has 1 heterocycles. The molecule has 0 unspecified atom stereocenters. The van der Waals surface area contributed by atoms with Crippen molar-refractivity contribution in [3.05, 3.63) is 64.5 Å². The first-order valence-corrected chi connectivity index (χ1v) is 6.59. The molecule has 1 aromatic heterocycles. The van der Waals surface area contributed by atoms with Crippen LogP contribution in [0.5, 0.6) is 0 Å². The fourth-order valence-electron chi connectivity index (χ4n) is 2.31. The van der Waals surface area contributed by atoms with E-state index in [0.29, 0.717) is 12.1 Å². The number of ketones is 1. The number of aromatic nitrogens is 1. The second-order valence-electron chi connectivity index (χ2n) is 5.00. The fraction of sp³-hybridized carbons (Fsp3) is 0.235. The molecule has 20 heavy (non-hydrogen) atoms. The predicted molar refractivity (Wildman–Crippen MR) is 82.8 cm³/mol. The van der Waals surface area contributed by atoms with E-state index >= 15 is 0 Å². The molecule has 0 aliphatic rings. The minimum atomic E-state index is 0. The highest BCUT2D eigenvalue weighted by Gasteiger charge is 2.10. The summed E-state index contributed by atoms with van der Waals surface area (Å²) < 4.78 is 0. The maximum atomic E-state index is 11.3. The number of hydrogen-bond acceptors (Lipinski definition) is 3. The number of Topliss-reactive ketones (excluding diaryl/α,β-unsaturated/α-hetero) is 1. The number of rotatable bonds is 4. The molecular formula is C17H20N2O. The lowest BCUT2D eigenvalue weighted by Crippen LogP contribution is -2.06. The van der Waals surface area contributed by atoms with Gasteiger partial charge >= 0.3 is 0 Å². The Morgan fingerprint density at radius 1 is 1.20 bits per heavy atom. The van der Waals surface area contributed by atoms with Crippen LogP contribution in [0.25, 0.3) is 0 Å². The van der Waals surface area contributed by atoms with E-state index in [1.807, 2.05) is 37.3 Å². The molecule has 0 bridgehead atoms. The first-order chi connectivity index (χ1) is 9.49. The monoisotopic (exact) mass is 268 g/mol. The SMILES string of the molecule is CC(=N)c1c(C)ccnc1Cc1ccc(C(C)=O)cc1.[HH]. The molecule has 2 rings (SSSR count). The smallest absolute Gasteiger partial charge is 0.159 e. The summed E-state index contributed by atoms with van der Waals surface area (Å²) in [4.78, 5) is 15.7. The quantitative estimate of drug-likeness (QED) is 0.677. The maximum absolute atomic E-state index is 11.3. The molecule has 0 aliphatic heterocycles. The Kier molecular flexibility index (Phi) is 4.08. The molecule has 3 nitrogen and oxygen atoms in total. The zero-order valence-electron chi connectivity index (χ0n) is 12.0. The Morgan fingerprint density at radius 3 is 2.40 bits per heavy atom. The Bertz CT molecular complexity index is 663. The third kappa shape index (κ3) is 2.99. The second-order valence-corrected chi connectivity index (χ2v) is 5.00. The summed E-state index contributed by atoms with van der Waals surface area (Å²) in [5.74, 6) is 0.0706. The molecule has 3 heteroatoms. The average Bonchev–Trinajstić information content (AvgIpc) is 2.39. The van der Waals surface area contributed by atoms with Gasteiger partial charge in [0.25, 0.3) is 0 Å². The lowest BCUT2D eigenvalue weighted by atomic mass is 9.98. The van der Waals surface area contributed by atoms with Gasteiger partial charge in [-0.15, -0.1) is 0 Å². The molecule has 0 radical (unpaired) electrons. The van der Waals surface area contributed by atoms with Crippen LogP contribution < -0.4 is 0 Å². The number of hydrogen-bond donors (Lipinski definition) is 1. The van der Waals surface area contributed by atoms with Crippen molar-refractivity contribution in [2.75, 3.05) is 0 Å². The largest absolute Gasteiger partial charge is 0.305 e. The van der Waals surface area contributed by atoms with E-state index in [1.54, 1.807) is 20.0 Å². The van der Waals surface area contributed by atoms with Crippen molar-refractivity contribution in [3.63, 3.8) is 0 Å². The second kappa shape index (κ2) is 5.78. The zero-order valence-corrected chi connectivity index (χ0v) is 12.0. The number of nitrogens with one attached hydrogen (secondary N) is 1. The summed E-state index contributed by atoms with van der Waals surface area (Å²) in [6.45, 7) is 5.34. The summed E-state index contributed by atoms with van der Waals surface area (Å²) in [6, 6.07) is 9.50. The van der Waals surface area contributed by atoms with Gasteiger partial charge in [0.1, 0.15) is 0 Å². The van der Waals surface area contributed by atoms with E-state index in [-0.39, 0.29) is 7.21 Å². The van der Waals surface area contributed by atoms with Crippen LogP contribution in [0, 0.1) is 12.3 Å². The molecule has 0 amide bonds. The average molecular weight is 268 g/mol. The van der Waals surface area contributed by atoms with E-state index in [0.717, 1.165) is 27.9 Å². The van der Waals surface area contributed by atoms with Crippen molar-refractivity contribution in [2.24, 2.45) is 0 Å². The third-order valence-electron chi connectivity index (χ3n) is 3.34. The first kappa shape index (κ1) is 14.1. The van der Waals surface area contributed by atoms with Gasteiger partial charge in [0.05, 0.1) is 5.69 Å². The summed E-state index contributed by atoms with van der Waals surface area (Å²) in [5, 5.41) is 7.89. The van der Waals surface area contributed by atoms with Gasteiger partial charge in [0.2, 0.25) is 0 Å². The summed E-state index contributed by atoms with van der Waals surface area (Å²) in [7, 11) is 0. The summed E-state index contributed by atoms with van der Waals surface area (Å²) >= 11 is 0. The normalized spacial score (nSPS) is 10.3. The van der Waals surface area contributed by atoms with Crippen molar-refractivity contribution in [1.82, 2.24) is 4.98 Å². The van der Waals surface area contributed by atoms with E-state index in [2.05, 4.69) is 4.98 Å². The van der Waals surface area contributed by atoms with Gasteiger partial charge in [0.15, 0.2) is 5.78 Å². The van der Waals surface area contributed by atoms with Crippen LogP contribution >= 0.6 is 0 Å². The zero-order chi connectivity index (χ0) is 14.7. The Hall–Kier alpha value is -2.29. The molecule has 104 valence electrons. The van der Waals surface area contributed by atoms with Crippen LogP contribution in [-0.2, 0) is 6.42 Å². The van der Waals surface area contributed by atoms with Crippen molar-refractivity contribution in [2.45, 2.75) is 27.2 Å². The molecule has 0 aliphatic carbocycles. The van der Waals surface area contributed by atoms with Crippen LogP contribution in [-0.4, -0.2) is 16.5 Å². The predicted octanol–water partition coefficient (Wildman–Crippen LogP) is 3.82. The maximum Gasteiger partial charge on any atom is 0.159 e. The number of carbonyl (C=O) groups excluding carboxylic acids is 1. The van der Waals surface area contributed by atoms with E-state index in [1.165, 1.54) is 0 Å². The lowest BCUT2D eigenvalue weighted by Gasteiger charge is -2.10. The Balaban J connectivity index is 0.00000220. The lowest BCUT2D eigenvalue weighted by molar-refractivity contribution is 0.101. The minimum Gasteiger partial charge on any atom is -0.305 e. The minimum absolute atomic E-state index is 0. The topological polar surface area (TPSA) is 53.8 Å². The first-order valence-electron chi connectivity index (χ1n) is 6.59. The van der Waals surface area contributed by atoms with E-state index in [9.17, 15) is 4.79 Å². The van der Waals surface area contributed by atoms with Gasteiger partial charge in [0, 0.05) is 30.9 Å². The van der Waals surface area contributed by atoms with Crippen LogP contribution in [0.15, 0.2) is 36.5 Å². The van der Waals surface area contributed by atoms with Crippen LogP contribution in [0.2, 0.25) is 0 Å². The van der Waals surface area contributed by atoms with Crippen molar-refractivity contribution < 1.29 is 6.22 Å². The summed E-state index contributed by atoms with van der Waals surface area (Å²) in [5.41, 5.74) is 5.25. The van der Waals surface area contributed by atoms with Gasteiger partial charge in [-0.1, -0.05) is 24.3 Å². The molecule has 1 aromatic carbocycles. The van der Waals surface area contributed by atoms with Crippen LogP contribution in [0.1, 0.15) is 48.0 Å². The van der Waals surface area contributed by atoms with E-state index in [4.69, 9.17) is 5.41 Å². The molecular weight excluding hydrogens is 248 g/mol. The standard InChI is InChI=1S/C17H18N2O.H2/c1-11-8-9-19-16(17(11)12(2)18)10-14-4-6-15(7-5-14)13(3)20;/h4-9,18H,10H2,1-3H3;1H. The highest BCUT2D eigenvalue weighted by molar-refractivity contribution is 5.98. The van der Waals surface area contributed by atoms with Crippen molar-refractivity contribution in [3.8, 4) is 0 Å². The van der Waals surface area contributed by atoms with Gasteiger partial charge in [-0.3, -0.25) is 9.78 Å². The highest BCUT2D eigenvalue weighted by Crippen LogP contribution is 2.17. The highest BCUT2D eigenvalue weighted by atomic mass is 16.1. The van der Waals surface area contributed by atoms with Gasteiger partial charge in [-0.25, -0.2) is 0 Å². The Labute approximate surface area is 120 Å². The van der Waals surface area contributed by atoms with Crippen LogP contribution in [0.4, 0.5) is 0 Å². The number of aryl methyl sites for hydroxylation is 1. The van der Waals surface area contributed by atoms with Crippen LogP contribution in [0.3, 0.4) is 0 Å². The number of carbonyl (C=O) groups is 1. The fourth-order valence-corrected chi connectivity index (χ4v) is 2.31. The molecule has 0 spiro atoms. The third-order valence-corrected chi connectivity index (χ3v) is 3.34. The van der Waals surface area contributed by atoms with Gasteiger partial charge in [-0.2, -0.15) is 0 Å². The van der Waals surface area contributed by atoms with Gasteiger partial charge in [-0.05, 0) is 38.0 Å². The molecule has 0 fully saturated rings. The Morgan fingerprint density at radius 2 is 1.85 bits per heavy atom. The molecule has 0 saturated heterocycles. The van der Waals surface area contributed by atoms with Crippen molar-refractivity contribution in [1.29, 1.82) is 5.41 Å². The van der Waals surface area contributed by atoms with Crippen molar-refractivity contribution >= 4 is 11.5 Å². The van der Waals surface area contributed by atoms with Gasteiger partial charge < -0.3 is 5.41 Å². The molecule has 1 N–H and O–H groups in total. The molecule has 0 atom stereocenters. The molecule has 2 aromatic rings. The number of nitrogens with zero attached hydrogens (tertiary/aromatic N) is 1.